The summed E-state index contributed by atoms with van der Waals surface area (Å²) in [7, 11) is 0. The Balaban J connectivity index is 3.62. The Kier molecular flexibility index (Phi) is 6.94. The first-order valence-corrected chi connectivity index (χ1v) is 7.14. The van der Waals surface area contributed by atoms with Crippen LogP contribution in [0.5, 0.6) is 0 Å². The Morgan fingerprint density at radius 2 is 1.60 bits per heavy atom. The van der Waals surface area contributed by atoms with Crippen LogP contribution >= 0.6 is 11.8 Å². The van der Waals surface area contributed by atoms with Crippen LogP contribution in [0.3, 0.4) is 0 Å². The lowest BCUT2D eigenvalue weighted by molar-refractivity contribution is 0.395. The molecule has 0 aromatic heterocycles. The predicted octanol–water partition coefficient (Wildman–Crippen LogP) is 3.79. The summed E-state index contributed by atoms with van der Waals surface area (Å²) in [5.41, 5.74) is 0.253. The molecule has 0 spiro atoms. The zero-order valence-electron chi connectivity index (χ0n) is 11.6. The molecule has 1 nitrogen and oxygen atoms in total. The Labute approximate surface area is 101 Å². The number of hydrogen-bond donors (Lipinski definition) is 1. The highest BCUT2D eigenvalue weighted by Crippen LogP contribution is 2.21. The summed E-state index contributed by atoms with van der Waals surface area (Å²) in [4.78, 5) is 0. The third kappa shape index (κ3) is 9.25. The van der Waals surface area contributed by atoms with Gasteiger partial charge in [-0.3, -0.25) is 0 Å². The van der Waals surface area contributed by atoms with Crippen molar-refractivity contribution in [3.63, 3.8) is 0 Å². The molecular formula is C13H29NS. The average molecular weight is 231 g/mol. The molecule has 0 aromatic carbocycles. The lowest BCUT2D eigenvalue weighted by Crippen LogP contribution is -2.39. The van der Waals surface area contributed by atoms with Gasteiger partial charge in [0.2, 0.25) is 0 Å². The lowest BCUT2D eigenvalue weighted by atomic mass is 10.1. The third-order valence-corrected chi connectivity index (χ3v) is 4.39. The minimum Gasteiger partial charge on any atom is -0.312 e. The van der Waals surface area contributed by atoms with Gasteiger partial charge < -0.3 is 5.32 Å². The van der Waals surface area contributed by atoms with E-state index >= 15 is 0 Å². The maximum atomic E-state index is 3.56. The molecule has 0 fully saturated rings. The van der Waals surface area contributed by atoms with Gasteiger partial charge in [-0.25, -0.2) is 0 Å². The molecule has 2 heteroatoms. The van der Waals surface area contributed by atoms with Gasteiger partial charge >= 0.3 is 0 Å². The average Bonchev–Trinajstić information content (AvgIpc) is 2.09. The van der Waals surface area contributed by atoms with Crippen LogP contribution in [0, 0.1) is 11.8 Å². The van der Waals surface area contributed by atoms with E-state index in [0.717, 1.165) is 23.6 Å². The van der Waals surface area contributed by atoms with Gasteiger partial charge in [0.05, 0.1) is 0 Å². The molecule has 2 unspecified atom stereocenters. The quantitative estimate of drug-likeness (QED) is 0.746. The minimum absolute atomic E-state index is 0.253. The highest BCUT2D eigenvalue weighted by atomic mass is 32.2. The molecule has 0 rings (SSSR count). The Hall–Kier alpha value is 0.310. The van der Waals surface area contributed by atoms with Gasteiger partial charge in [0.25, 0.3) is 0 Å². The number of hydrogen-bond acceptors (Lipinski definition) is 2. The lowest BCUT2D eigenvalue weighted by Gasteiger charge is -2.24. The molecule has 0 aliphatic heterocycles. The van der Waals surface area contributed by atoms with E-state index in [2.05, 4.69) is 65.5 Å². The molecule has 0 amide bonds. The number of nitrogens with one attached hydrogen (secondary N) is 1. The SMILES string of the molecule is CC(CNC(C)(C)C)CSC(C)C(C)C. The predicted molar refractivity (Wildman–Crippen MR) is 73.7 cm³/mol. The van der Waals surface area contributed by atoms with Gasteiger partial charge in [0.1, 0.15) is 0 Å². The Morgan fingerprint density at radius 1 is 1.07 bits per heavy atom. The first-order valence-electron chi connectivity index (χ1n) is 6.09. The van der Waals surface area contributed by atoms with Crippen molar-refractivity contribution in [2.75, 3.05) is 12.3 Å². The zero-order valence-corrected chi connectivity index (χ0v) is 12.4. The van der Waals surface area contributed by atoms with Gasteiger partial charge in [-0.15, -0.1) is 0 Å². The van der Waals surface area contributed by atoms with Gasteiger partial charge in [-0.2, -0.15) is 11.8 Å². The van der Waals surface area contributed by atoms with Gasteiger partial charge in [0.15, 0.2) is 0 Å². The van der Waals surface area contributed by atoms with E-state index in [9.17, 15) is 0 Å². The zero-order chi connectivity index (χ0) is 12.1. The normalized spacial score (nSPS) is 16.8. The molecule has 0 aromatic rings. The van der Waals surface area contributed by atoms with Crippen LogP contribution in [-0.4, -0.2) is 23.1 Å². The summed E-state index contributed by atoms with van der Waals surface area (Å²) in [6.07, 6.45) is 0. The summed E-state index contributed by atoms with van der Waals surface area (Å²) in [6.45, 7) is 17.1. The van der Waals surface area contributed by atoms with Crippen LogP contribution in [-0.2, 0) is 0 Å². The summed E-state index contributed by atoms with van der Waals surface area (Å²) in [5, 5.41) is 4.34. The molecule has 0 aliphatic carbocycles. The fraction of sp³-hybridized carbons (Fsp3) is 1.00. The summed E-state index contributed by atoms with van der Waals surface area (Å²) in [5.74, 6) is 2.82. The second-order valence-electron chi connectivity index (χ2n) is 6.02. The molecule has 0 radical (unpaired) electrons. The number of thioether (sulfide) groups is 1. The highest BCUT2D eigenvalue weighted by molar-refractivity contribution is 7.99. The van der Waals surface area contributed by atoms with Crippen molar-refractivity contribution in [2.24, 2.45) is 11.8 Å². The van der Waals surface area contributed by atoms with Gasteiger partial charge in [0, 0.05) is 10.8 Å². The fourth-order valence-corrected chi connectivity index (χ4v) is 2.18. The smallest absolute Gasteiger partial charge is 0.00966 e. The summed E-state index contributed by atoms with van der Waals surface area (Å²) < 4.78 is 0. The van der Waals surface area contributed by atoms with Crippen molar-refractivity contribution in [3.8, 4) is 0 Å². The van der Waals surface area contributed by atoms with Gasteiger partial charge in [-0.05, 0) is 44.9 Å². The van der Waals surface area contributed by atoms with Crippen molar-refractivity contribution in [1.29, 1.82) is 0 Å². The number of rotatable bonds is 6. The molecule has 0 aliphatic rings. The van der Waals surface area contributed by atoms with Crippen LogP contribution < -0.4 is 5.32 Å². The molecule has 0 saturated carbocycles. The molecule has 0 bridgehead atoms. The van der Waals surface area contributed by atoms with Crippen LogP contribution in [0.25, 0.3) is 0 Å². The molecule has 2 atom stereocenters. The van der Waals surface area contributed by atoms with E-state index < -0.39 is 0 Å². The molecule has 0 heterocycles. The second kappa shape index (κ2) is 6.80. The summed E-state index contributed by atoms with van der Waals surface area (Å²) >= 11 is 2.10. The van der Waals surface area contributed by atoms with Crippen molar-refractivity contribution >= 4 is 11.8 Å². The van der Waals surface area contributed by atoms with Crippen LogP contribution in [0.15, 0.2) is 0 Å². The van der Waals surface area contributed by atoms with E-state index in [4.69, 9.17) is 0 Å². The third-order valence-electron chi connectivity index (χ3n) is 2.56. The van der Waals surface area contributed by atoms with Crippen molar-refractivity contribution in [1.82, 2.24) is 5.32 Å². The second-order valence-corrected chi connectivity index (χ2v) is 7.43. The largest absolute Gasteiger partial charge is 0.312 e. The standard InChI is InChI=1S/C13H29NS/c1-10(2)12(4)15-9-11(3)8-14-13(5,6)7/h10-12,14H,8-9H2,1-7H3. The molecule has 15 heavy (non-hydrogen) atoms. The first-order chi connectivity index (χ1) is 6.72. The highest BCUT2D eigenvalue weighted by Gasteiger charge is 2.13. The fourth-order valence-electron chi connectivity index (χ4n) is 1.05. The minimum atomic E-state index is 0.253. The van der Waals surface area contributed by atoms with Crippen LogP contribution in [0.1, 0.15) is 48.5 Å². The first kappa shape index (κ1) is 15.3. The maximum absolute atomic E-state index is 3.56. The van der Waals surface area contributed by atoms with Gasteiger partial charge in [-0.1, -0.05) is 27.7 Å². The molecule has 1 N–H and O–H groups in total. The van der Waals surface area contributed by atoms with E-state index in [0.29, 0.717) is 0 Å². The Bertz CT molecular complexity index is 160. The van der Waals surface area contributed by atoms with E-state index in [1.165, 1.54) is 5.75 Å². The summed E-state index contributed by atoms with van der Waals surface area (Å²) in [6, 6.07) is 0. The molecular weight excluding hydrogens is 202 g/mol. The van der Waals surface area contributed by atoms with Crippen molar-refractivity contribution in [3.05, 3.63) is 0 Å². The Morgan fingerprint density at radius 3 is 2.00 bits per heavy atom. The molecule has 0 saturated heterocycles. The van der Waals surface area contributed by atoms with E-state index in [1.807, 2.05) is 0 Å². The maximum Gasteiger partial charge on any atom is 0.00966 e. The van der Waals surface area contributed by atoms with E-state index in [-0.39, 0.29) is 5.54 Å². The monoisotopic (exact) mass is 231 g/mol. The molecule has 92 valence electrons. The van der Waals surface area contributed by atoms with Crippen LogP contribution in [0.2, 0.25) is 0 Å². The van der Waals surface area contributed by atoms with Crippen molar-refractivity contribution < 1.29 is 0 Å². The van der Waals surface area contributed by atoms with E-state index in [1.54, 1.807) is 0 Å². The van der Waals surface area contributed by atoms with Crippen molar-refractivity contribution in [2.45, 2.75) is 59.3 Å². The topological polar surface area (TPSA) is 12.0 Å². The van der Waals surface area contributed by atoms with Crippen LogP contribution in [0.4, 0.5) is 0 Å².